The van der Waals surface area contributed by atoms with E-state index in [2.05, 4.69) is 47.1 Å². The van der Waals surface area contributed by atoms with Gasteiger partial charge in [-0.25, -0.2) is 4.98 Å². The van der Waals surface area contributed by atoms with E-state index in [1.54, 1.807) is 0 Å². The second-order valence-corrected chi connectivity index (χ2v) is 10.1. The van der Waals surface area contributed by atoms with Crippen molar-refractivity contribution in [2.45, 2.75) is 51.7 Å². The first-order chi connectivity index (χ1) is 17.6. The summed E-state index contributed by atoms with van der Waals surface area (Å²) >= 11 is 0. The van der Waals surface area contributed by atoms with Crippen molar-refractivity contribution in [2.75, 3.05) is 19.6 Å². The minimum Gasteiger partial charge on any atom is -0.484 e. The van der Waals surface area contributed by atoms with Crippen molar-refractivity contribution in [2.24, 2.45) is 5.92 Å². The zero-order chi connectivity index (χ0) is 24.6. The number of aromatic nitrogens is 1. The number of hydrogen-bond donors (Lipinski definition) is 0. The van der Waals surface area contributed by atoms with Crippen molar-refractivity contribution in [1.82, 2.24) is 14.8 Å². The molecule has 2 aromatic carbocycles. The Morgan fingerprint density at radius 1 is 1.06 bits per heavy atom. The number of aryl methyl sites for hydroxylation is 1. The molecule has 3 aliphatic rings. The maximum Gasteiger partial charge on any atom is 0.275 e. The normalized spacial score (nSPS) is 19.3. The van der Waals surface area contributed by atoms with Crippen LogP contribution in [-0.4, -0.2) is 46.2 Å². The smallest absolute Gasteiger partial charge is 0.275 e. The summed E-state index contributed by atoms with van der Waals surface area (Å²) in [6.45, 7) is 4.48. The molecule has 0 radical (unpaired) electrons. The molecule has 0 bridgehead atoms. The highest BCUT2D eigenvalue weighted by Gasteiger charge is 2.39. The molecule has 36 heavy (non-hydrogen) atoms. The molecule has 1 saturated heterocycles. The van der Waals surface area contributed by atoms with Crippen molar-refractivity contribution in [3.8, 4) is 5.75 Å². The fourth-order valence-electron chi connectivity index (χ4n) is 5.30. The molecule has 0 N–H and O–H groups in total. The van der Waals surface area contributed by atoms with E-state index in [1.165, 1.54) is 17.4 Å². The summed E-state index contributed by atoms with van der Waals surface area (Å²) in [5.41, 5.74) is 4.98. The van der Waals surface area contributed by atoms with Gasteiger partial charge in [0.25, 0.3) is 5.91 Å². The summed E-state index contributed by atoms with van der Waals surface area (Å²) < 4.78 is 11.6. The third-order valence-corrected chi connectivity index (χ3v) is 7.47. The summed E-state index contributed by atoms with van der Waals surface area (Å²) in [7, 11) is 0. The highest BCUT2D eigenvalue weighted by molar-refractivity contribution is 5.92. The molecule has 3 heterocycles. The van der Waals surface area contributed by atoms with Crippen molar-refractivity contribution in [3.63, 3.8) is 0 Å². The summed E-state index contributed by atoms with van der Waals surface area (Å²) in [6.07, 6.45) is 6.30. The Morgan fingerprint density at radius 3 is 2.58 bits per heavy atom. The van der Waals surface area contributed by atoms with Gasteiger partial charge in [-0.15, -0.1) is 0 Å². The molecular formula is C29H31N3O4. The summed E-state index contributed by atoms with van der Waals surface area (Å²) in [4.78, 5) is 34.0. The molecule has 2 fully saturated rings. The summed E-state index contributed by atoms with van der Waals surface area (Å²) in [5, 5.41) is 0. The van der Waals surface area contributed by atoms with Gasteiger partial charge in [-0.3, -0.25) is 9.59 Å². The van der Waals surface area contributed by atoms with Crippen LogP contribution in [0.25, 0.3) is 0 Å². The first kappa shape index (κ1) is 22.8. The highest BCUT2D eigenvalue weighted by atomic mass is 16.5. The molecule has 6 rings (SSSR count). The van der Waals surface area contributed by atoms with Gasteiger partial charge < -0.3 is 19.0 Å². The van der Waals surface area contributed by atoms with E-state index in [9.17, 15) is 9.59 Å². The second kappa shape index (κ2) is 9.45. The van der Waals surface area contributed by atoms with Gasteiger partial charge in [0, 0.05) is 25.6 Å². The Kier molecular flexibility index (Phi) is 5.99. The maximum atomic E-state index is 13.2. The predicted octanol–water partition coefficient (Wildman–Crippen LogP) is 4.68. The molecule has 1 aliphatic carbocycles. The Bertz CT molecular complexity index is 1270. The predicted molar refractivity (Wildman–Crippen MR) is 134 cm³/mol. The zero-order valence-electron chi connectivity index (χ0n) is 20.6. The average Bonchev–Trinajstić information content (AvgIpc) is 3.39. The monoisotopic (exact) mass is 485 g/mol. The first-order valence-electron chi connectivity index (χ1n) is 12.9. The number of nitrogens with zero attached hydrogens (tertiary/aromatic N) is 3. The van der Waals surface area contributed by atoms with Gasteiger partial charge in [0.1, 0.15) is 12.0 Å². The second-order valence-electron chi connectivity index (χ2n) is 10.1. The van der Waals surface area contributed by atoms with Gasteiger partial charge >= 0.3 is 0 Å². The van der Waals surface area contributed by atoms with Crippen LogP contribution in [0.3, 0.4) is 0 Å². The zero-order valence-corrected chi connectivity index (χ0v) is 20.6. The lowest BCUT2D eigenvalue weighted by molar-refractivity contribution is -0.134. The standard InChI is InChI=1S/C29H31N3O4/c1-19-4-6-21(7-5-19)27-24-16-23(11-10-20(24)12-15-32(27)28(33)22-8-9-22)35-18-26-30-25(17-36-26)29(34)31-13-2-3-14-31/h4-7,10-11,16-17,22,27H,2-3,8-9,12-15,18H2,1H3/t27-/m1/s1. The number of hydrogen-bond acceptors (Lipinski definition) is 5. The summed E-state index contributed by atoms with van der Waals surface area (Å²) in [6, 6.07) is 14.4. The molecule has 1 saturated carbocycles. The molecule has 2 aliphatic heterocycles. The van der Waals surface area contributed by atoms with Crippen molar-refractivity contribution >= 4 is 11.8 Å². The third kappa shape index (κ3) is 4.50. The van der Waals surface area contributed by atoms with Crippen molar-refractivity contribution in [1.29, 1.82) is 0 Å². The molecule has 7 heteroatoms. The van der Waals surface area contributed by atoms with Crippen LogP contribution in [0.15, 0.2) is 53.1 Å². The van der Waals surface area contributed by atoms with Crippen molar-refractivity contribution < 1.29 is 18.7 Å². The van der Waals surface area contributed by atoms with Crippen molar-refractivity contribution in [3.05, 3.63) is 82.6 Å². The fourth-order valence-corrected chi connectivity index (χ4v) is 5.30. The fraction of sp³-hybridized carbons (Fsp3) is 0.414. The number of benzene rings is 2. The number of fused-ring (bicyclic) bond motifs is 1. The van der Waals surface area contributed by atoms with E-state index in [1.807, 2.05) is 17.0 Å². The Morgan fingerprint density at radius 2 is 1.83 bits per heavy atom. The minimum absolute atomic E-state index is 0.0855. The molecule has 7 nitrogen and oxygen atoms in total. The van der Waals surface area contributed by atoms with Crippen LogP contribution in [-0.2, 0) is 17.8 Å². The Labute approximate surface area is 211 Å². The average molecular weight is 486 g/mol. The largest absolute Gasteiger partial charge is 0.484 e. The topological polar surface area (TPSA) is 75.9 Å². The highest BCUT2D eigenvalue weighted by Crippen LogP contribution is 2.41. The maximum absolute atomic E-state index is 13.2. The van der Waals surface area contributed by atoms with E-state index in [0.29, 0.717) is 17.3 Å². The lowest BCUT2D eigenvalue weighted by Gasteiger charge is -2.38. The van der Waals surface area contributed by atoms with Crippen LogP contribution in [0, 0.1) is 12.8 Å². The Balaban J connectivity index is 1.23. The van der Waals surface area contributed by atoms with Crippen LogP contribution in [0.5, 0.6) is 5.75 Å². The summed E-state index contributed by atoms with van der Waals surface area (Å²) in [5.74, 6) is 1.40. The van der Waals surface area contributed by atoms with E-state index in [4.69, 9.17) is 9.15 Å². The van der Waals surface area contributed by atoms with Crippen LogP contribution < -0.4 is 4.74 Å². The number of rotatable bonds is 6. The van der Waals surface area contributed by atoms with E-state index in [-0.39, 0.29) is 30.4 Å². The number of carbonyl (C=O) groups is 2. The molecule has 2 amide bonds. The van der Waals surface area contributed by atoms with Crippen LogP contribution >= 0.6 is 0 Å². The number of amides is 2. The third-order valence-electron chi connectivity index (χ3n) is 7.47. The SMILES string of the molecule is Cc1ccc([C@@H]2c3cc(OCc4nc(C(=O)N5CCCC5)co4)ccc3CCN2C(=O)C2CC2)cc1. The molecule has 3 aromatic rings. The number of ether oxygens (including phenoxy) is 1. The van der Waals surface area contributed by atoms with Gasteiger partial charge in [-0.05, 0) is 67.9 Å². The van der Waals surface area contributed by atoms with E-state index < -0.39 is 0 Å². The number of carbonyl (C=O) groups excluding carboxylic acids is 2. The van der Waals surface area contributed by atoms with Gasteiger partial charge in [-0.2, -0.15) is 0 Å². The van der Waals surface area contributed by atoms with Gasteiger partial charge in [0.05, 0.1) is 6.04 Å². The van der Waals surface area contributed by atoms with Crippen LogP contribution in [0.4, 0.5) is 0 Å². The number of likely N-dealkylation sites (tertiary alicyclic amines) is 1. The first-order valence-corrected chi connectivity index (χ1v) is 12.9. The quantitative estimate of drug-likeness (QED) is 0.507. The lowest BCUT2D eigenvalue weighted by Crippen LogP contribution is -2.41. The molecule has 0 spiro atoms. The van der Waals surface area contributed by atoms with Crippen LogP contribution in [0.1, 0.15) is 70.4 Å². The van der Waals surface area contributed by atoms with Gasteiger partial charge in [0.2, 0.25) is 11.8 Å². The molecule has 1 atom stereocenters. The van der Waals surface area contributed by atoms with E-state index in [0.717, 1.165) is 62.9 Å². The van der Waals surface area contributed by atoms with Gasteiger partial charge in [-0.1, -0.05) is 35.9 Å². The minimum atomic E-state index is -0.127. The van der Waals surface area contributed by atoms with E-state index >= 15 is 0 Å². The molecule has 186 valence electrons. The molecule has 1 aromatic heterocycles. The molecular weight excluding hydrogens is 454 g/mol. The lowest BCUT2D eigenvalue weighted by atomic mass is 9.87. The Hall–Kier alpha value is -3.61. The van der Waals surface area contributed by atoms with Crippen LogP contribution in [0.2, 0.25) is 0 Å². The number of oxazole rings is 1. The molecule has 0 unspecified atom stereocenters. The van der Waals surface area contributed by atoms with Gasteiger partial charge in [0.15, 0.2) is 12.3 Å².